The lowest BCUT2D eigenvalue weighted by molar-refractivity contribution is 0.408. The van der Waals surface area contributed by atoms with Crippen LogP contribution in [0.5, 0.6) is 0 Å². The minimum absolute atomic E-state index is 0.998. The molecule has 76 valence electrons. The third kappa shape index (κ3) is 1.92. The van der Waals surface area contributed by atoms with E-state index in [0.717, 1.165) is 5.54 Å². The Morgan fingerprint density at radius 2 is 1.77 bits per heavy atom. The van der Waals surface area contributed by atoms with E-state index in [4.69, 9.17) is 4.12 Å². The molecule has 13 heavy (non-hydrogen) atoms. The van der Waals surface area contributed by atoms with Crippen molar-refractivity contribution in [1.29, 1.82) is 0 Å². The molecule has 0 aromatic heterocycles. The first-order chi connectivity index (χ1) is 6.02. The summed E-state index contributed by atoms with van der Waals surface area (Å²) in [5.74, 6) is 0. The van der Waals surface area contributed by atoms with Crippen molar-refractivity contribution in [3.63, 3.8) is 0 Å². The lowest BCUT2D eigenvalue weighted by atomic mass is 10.00. The fourth-order valence-corrected chi connectivity index (χ4v) is 12.3. The van der Waals surface area contributed by atoms with E-state index in [1.165, 1.54) is 37.8 Å². The molecule has 1 heterocycles. The summed E-state index contributed by atoms with van der Waals surface area (Å²) in [6, 6.07) is 2.88. The zero-order valence-electron chi connectivity index (χ0n) is 9.23. The largest absolute Gasteiger partial charge is 0.455 e. The molecule has 0 aromatic carbocycles. The second-order valence-corrected chi connectivity index (χ2v) is 14.4. The van der Waals surface area contributed by atoms with E-state index in [1.54, 1.807) is 0 Å². The molecule has 1 aliphatic carbocycles. The van der Waals surface area contributed by atoms with Gasteiger partial charge in [0.1, 0.15) is 0 Å². The van der Waals surface area contributed by atoms with Gasteiger partial charge in [0, 0.05) is 0 Å². The van der Waals surface area contributed by atoms with E-state index < -0.39 is 16.6 Å². The molecule has 2 aliphatic rings. The molecule has 1 saturated heterocycles. The molecule has 2 fully saturated rings. The number of hydrogen-bond acceptors (Lipinski definition) is 1. The van der Waals surface area contributed by atoms with Gasteiger partial charge < -0.3 is 4.12 Å². The van der Waals surface area contributed by atoms with Crippen LogP contribution in [-0.2, 0) is 4.12 Å². The van der Waals surface area contributed by atoms with E-state index in [0.29, 0.717) is 0 Å². The van der Waals surface area contributed by atoms with Crippen LogP contribution in [0.1, 0.15) is 25.7 Å². The quantitative estimate of drug-likeness (QED) is 0.650. The van der Waals surface area contributed by atoms with Crippen molar-refractivity contribution in [2.75, 3.05) is 0 Å². The molecule has 1 nitrogen and oxygen atoms in total. The van der Waals surface area contributed by atoms with Crippen LogP contribution >= 0.6 is 0 Å². The molecule has 0 spiro atoms. The van der Waals surface area contributed by atoms with Gasteiger partial charge >= 0.3 is 0 Å². The van der Waals surface area contributed by atoms with Gasteiger partial charge in [0.05, 0.1) is 0 Å². The zero-order valence-corrected chi connectivity index (χ0v) is 11.2. The molecular weight excluding hydrogens is 192 g/mol. The summed E-state index contributed by atoms with van der Waals surface area (Å²) in [6.07, 6.45) is 5.83. The van der Waals surface area contributed by atoms with Crippen molar-refractivity contribution in [2.24, 2.45) is 0 Å². The van der Waals surface area contributed by atoms with Crippen molar-refractivity contribution in [2.45, 2.75) is 63.0 Å². The van der Waals surface area contributed by atoms with E-state index in [2.05, 4.69) is 19.6 Å². The molecule has 0 radical (unpaired) electrons. The Morgan fingerprint density at radius 1 is 1.15 bits per heavy atom. The number of rotatable bonds is 3. The summed E-state index contributed by atoms with van der Waals surface area (Å²) in [6.45, 7) is 7.35. The van der Waals surface area contributed by atoms with Crippen molar-refractivity contribution in [3.8, 4) is 0 Å². The first-order valence-corrected chi connectivity index (χ1v) is 11.5. The van der Waals surface area contributed by atoms with Gasteiger partial charge in [-0.3, -0.25) is 0 Å². The Bertz CT molecular complexity index is 195. The van der Waals surface area contributed by atoms with Crippen molar-refractivity contribution in [1.82, 2.24) is 0 Å². The van der Waals surface area contributed by atoms with Crippen LogP contribution in [0, 0.1) is 0 Å². The summed E-state index contributed by atoms with van der Waals surface area (Å²) in [5.41, 5.74) is 0.998. The Kier molecular flexibility index (Phi) is 2.45. The van der Waals surface area contributed by atoms with E-state index in [1.807, 2.05) is 0 Å². The lowest BCUT2D eigenvalue weighted by Gasteiger charge is -2.47. The summed E-state index contributed by atoms with van der Waals surface area (Å²) >= 11 is 0. The highest BCUT2D eigenvalue weighted by Gasteiger charge is 2.46. The van der Waals surface area contributed by atoms with Crippen LogP contribution in [0.2, 0.25) is 37.3 Å². The predicted octanol–water partition coefficient (Wildman–Crippen LogP) is 3.74. The molecule has 0 atom stereocenters. The van der Waals surface area contributed by atoms with E-state index in [9.17, 15) is 0 Å². The van der Waals surface area contributed by atoms with E-state index >= 15 is 0 Å². The fourth-order valence-electron chi connectivity index (χ4n) is 2.60. The Morgan fingerprint density at radius 3 is 2.08 bits per heavy atom. The molecule has 0 bridgehead atoms. The minimum Gasteiger partial charge on any atom is -0.455 e. The van der Waals surface area contributed by atoms with E-state index in [-0.39, 0.29) is 0 Å². The Hall–Kier alpha value is 0.394. The van der Waals surface area contributed by atoms with Crippen molar-refractivity contribution >= 4 is 16.6 Å². The highest BCUT2D eigenvalue weighted by Crippen LogP contribution is 2.45. The summed E-state index contributed by atoms with van der Waals surface area (Å²) in [5, 5.41) is 0. The zero-order chi connectivity index (χ0) is 9.53. The average Bonchev–Trinajstić information content (AvgIpc) is 1.77. The smallest absolute Gasteiger partial charge is 0.176 e. The lowest BCUT2D eigenvalue weighted by Crippen LogP contribution is -2.53. The van der Waals surface area contributed by atoms with Crippen molar-refractivity contribution in [3.05, 3.63) is 0 Å². The molecular formula is C10H22OSi2. The first kappa shape index (κ1) is 9.93. The van der Waals surface area contributed by atoms with Crippen LogP contribution < -0.4 is 0 Å². The molecule has 1 saturated carbocycles. The van der Waals surface area contributed by atoms with Crippen LogP contribution in [-0.4, -0.2) is 16.6 Å². The van der Waals surface area contributed by atoms with Gasteiger partial charge in [0.2, 0.25) is 0 Å². The number of hydrogen-bond donors (Lipinski definition) is 0. The molecule has 0 unspecified atom stereocenters. The molecule has 3 heteroatoms. The van der Waals surface area contributed by atoms with Gasteiger partial charge in [-0.05, 0) is 37.3 Å². The fraction of sp³-hybridized carbons (Fsp3) is 1.00. The summed E-state index contributed by atoms with van der Waals surface area (Å²) in [7, 11) is -2.38. The van der Waals surface area contributed by atoms with Crippen LogP contribution in [0.3, 0.4) is 0 Å². The van der Waals surface area contributed by atoms with Crippen LogP contribution in [0.4, 0.5) is 0 Å². The average molecular weight is 214 g/mol. The third-order valence-electron chi connectivity index (χ3n) is 4.01. The summed E-state index contributed by atoms with van der Waals surface area (Å²) < 4.78 is 6.54. The van der Waals surface area contributed by atoms with Gasteiger partial charge in [-0.25, -0.2) is 0 Å². The SMILES string of the molecule is C[Si]1(O[Si](C)(C)C2CCC2)CCC1. The highest BCUT2D eigenvalue weighted by molar-refractivity contribution is 6.87. The molecule has 0 N–H and O–H groups in total. The topological polar surface area (TPSA) is 9.23 Å². The van der Waals surface area contributed by atoms with Gasteiger partial charge in [-0.2, -0.15) is 0 Å². The Balaban J connectivity index is 1.90. The minimum atomic E-state index is -1.26. The van der Waals surface area contributed by atoms with Crippen LogP contribution in [0.15, 0.2) is 0 Å². The highest BCUT2D eigenvalue weighted by atomic mass is 28.4. The maximum atomic E-state index is 6.54. The molecule has 0 amide bonds. The normalized spacial score (nSPS) is 27.9. The van der Waals surface area contributed by atoms with Crippen molar-refractivity contribution < 1.29 is 4.12 Å². The Labute approximate surface area is 84.1 Å². The predicted molar refractivity (Wildman–Crippen MR) is 62.0 cm³/mol. The van der Waals surface area contributed by atoms with Gasteiger partial charge in [0.25, 0.3) is 0 Å². The standard InChI is InChI=1S/C10H22OSi2/c1-12(2,10-6-4-7-10)11-13(3)8-5-9-13/h10H,4-9H2,1-3H3. The van der Waals surface area contributed by atoms with Gasteiger partial charge in [0.15, 0.2) is 16.6 Å². The molecule has 1 aliphatic heterocycles. The molecule has 0 aromatic rings. The van der Waals surface area contributed by atoms with Gasteiger partial charge in [-0.15, -0.1) is 0 Å². The van der Waals surface area contributed by atoms with Crippen LogP contribution in [0.25, 0.3) is 0 Å². The molecule has 2 rings (SSSR count). The van der Waals surface area contributed by atoms with Gasteiger partial charge in [-0.1, -0.05) is 25.7 Å². The maximum Gasteiger partial charge on any atom is 0.176 e. The summed E-state index contributed by atoms with van der Waals surface area (Å²) in [4.78, 5) is 0. The monoisotopic (exact) mass is 214 g/mol. The first-order valence-electron chi connectivity index (χ1n) is 5.72. The second kappa shape index (κ2) is 3.21. The third-order valence-corrected chi connectivity index (χ3v) is 13.5. The maximum absolute atomic E-state index is 6.54. The second-order valence-electron chi connectivity index (χ2n) is 5.64.